The number of fused-ring (bicyclic) bond motifs is 1. The van der Waals surface area contributed by atoms with Crippen LogP contribution in [0.15, 0.2) is 82.6 Å². The highest BCUT2D eigenvalue weighted by Crippen LogP contribution is 2.29. The van der Waals surface area contributed by atoms with Crippen molar-refractivity contribution in [2.24, 2.45) is 0 Å². The Bertz CT molecular complexity index is 1320. The Morgan fingerprint density at radius 3 is 2.66 bits per heavy atom. The maximum Gasteiger partial charge on any atom is 0.258 e. The van der Waals surface area contributed by atoms with Crippen LogP contribution in [0.2, 0.25) is 0 Å². The van der Waals surface area contributed by atoms with Crippen molar-refractivity contribution in [2.45, 2.75) is 24.5 Å². The lowest BCUT2D eigenvalue weighted by molar-refractivity contribution is 0.102. The van der Waals surface area contributed by atoms with Gasteiger partial charge in [-0.05, 0) is 61.9 Å². The molecule has 2 aromatic carbocycles. The number of carbonyl (C=O) groups is 1. The number of nitrogens with one attached hydrogen (secondary N) is 1. The van der Waals surface area contributed by atoms with E-state index in [9.17, 15) is 9.59 Å². The summed E-state index contributed by atoms with van der Waals surface area (Å²) >= 11 is 1.52. The SMILES string of the molecule is CCOc1ccc(C(=O)Nc2ccccc2SCc2cc(=O)n3cc(C)ccc3n2)cc1. The van der Waals surface area contributed by atoms with Gasteiger partial charge in [0.1, 0.15) is 11.4 Å². The van der Waals surface area contributed by atoms with Gasteiger partial charge in [0.05, 0.1) is 18.0 Å². The first-order valence-corrected chi connectivity index (χ1v) is 11.3. The molecule has 162 valence electrons. The van der Waals surface area contributed by atoms with Crippen LogP contribution < -0.4 is 15.6 Å². The first-order valence-electron chi connectivity index (χ1n) is 10.3. The van der Waals surface area contributed by atoms with Crippen molar-refractivity contribution < 1.29 is 9.53 Å². The monoisotopic (exact) mass is 445 g/mol. The summed E-state index contributed by atoms with van der Waals surface area (Å²) in [7, 11) is 0. The Balaban J connectivity index is 1.49. The summed E-state index contributed by atoms with van der Waals surface area (Å²) < 4.78 is 6.98. The Hall–Kier alpha value is -3.58. The van der Waals surface area contributed by atoms with Gasteiger partial charge >= 0.3 is 0 Å². The van der Waals surface area contributed by atoms with E-state index in [4.69, 9.17) is 4.74 Å². The highest BCUT2D eigenvalue weighted by atomic mass is 32.2. The number of pyridine rings is 1. The molecule has 0 saturated carbocycles. The molecule has 0 saturated heterocycles. The van der Waals surface area contributed by atoms with Crippen LogP contribution in [0, 0.1) is 6.92 Å². The van der Waals surface area contributed by atoms with Crippen LogP contribution >= 0.6 is 11.8 Å². The van der Waals surface area contributed by atoms with Gasteiger partial charge in [0.15, 0.2) is 0 Å². The van der Waals surface area contributed by atoms with Gasteiger partial charge in [-0.1, -0.05) is 18.2 Å². The van der Waals surface area contributed by atoms with E-state index in [1.165, 1.54) is 11.8 Å². The molecule has 1 N–H and O–H groups in total. The van der Waals surface area contributed by atoms with Crippen LogP contribution in [-0.4, -0.2) is 21.9 Å². The third-order valence-electron chi connectivity index (χ3n) is 4.80. The molecule has 4 rings (SSSR count). The fraction of sp³-hybridized carbons (Fsp3) is 0.160. The molecule has 7 heteroatoms. The number of benzene rings is 2. The molecule has 0 aliphatic carbocycles. The van der Waals surface area contributed by atoms with E-state index >= 15 is 0 Å². The predicted molar refractivity (Wildman–Crippen MR) is 128 cm³/mol. The number of nitrogens with zero attached hydrogens (tertiary/aromatic N) is 2. The van der Waals surface area contributed by atoms with Crippen LogP contribution in [-0.2, 0) is 5.75 Å². The Labute approximate surface area is 190 Å². The number of amides is 1. The number of carbonyl (C=O) groups excluding carboxylic acids is 1. The molecule has 0 aliphatic rings. The standard InChI is InChI=1S/C25H23N3O3S/c1-3-31-20-11-9-18(10-12-20)25(30)27-21-6-4-5-7-22(21)32-16-19-14-24(29)28-15-17(2)8-13-23(28)26-19/h4-15H,3,16H2,1-2H3,(H,27,30). The topological polar surface area (TPSA) is 72.7 Å². The normalized spacial score (nSPS) is 10.8. The van der Waals surface area contributed by atoms with Gasteiger partial charge in [-0.25, -0.2) is 4.98 Å². The van der Waals surface area contributed by atoms with E-state index < -0.39 is 0 Å². The molecule has 0 bridgehead atoms. The van der Waals surface area contributed by atoms with Gasteiger partial charge in [0.25, 0.3) is 11.5 Å². The van der Waals surface area contributed by atoms with Crippen molar-refractivity contribution in [1.82, 2.24) is 9.38 Å². The van der Waals surface area contributed by atoms with Gasteiger partial charge in [-0.3, -0.25) is 14.0 Å². The van der Waals surface area contributed by atoms with E-state index in [2.05, 4.69) is 10.3 Å². The maximum absolute atomic E-state index is 12.7. The van der Waals surface area contributed by atoms with Crippen molar-refractivity contribution in [3.8, 4) is 5.75 Å². The predicted octanol–water partition coefficient (Wildman–Crippen LogP) is 4.95. The first kappa shape index (κ1) is 21.6. The number of hydrogen-bond acceptors (Lipinski definition) is 5. The first-order chi connectivity index (χ1) is 15.5. The number of thioether (sulfide) groups is 1. The molecular weight excluding hydrogens is 422 g/mol. The molecule has 0 unspecified atom stereocenters. The maximum atomic E-state index is 12.7. The van der Waals surface area contributed by atoms with Gasteiger partial charge in [0.2, 0.25) is 0 Å². The molecule has 0 atom stereocenters. The molecule has 0 aliphatic heterocycles. The second-order valence-electron chi connectivity index (χ2n) is 7.22. The number of rotatable bonds is 7. The lowest BCUT2D eigenvalue weighted by Gasteiger charge is -2.11. The second kappa shape index (κ2) is 9.70. The van der Waals surface area contributed by atoms with Crippen molar-refractivity contribution in [3.05, 3.63) is 100 Å². The zero-order valence-corrected chi connectivity index (χ0v) is 18.7. The minimum Gasteiger partial charge on any atom is -0.494 e. The van der Waals surface area contributed by atoms with Crippen LogP contribution in [0.1, 0.15) is 28.5 Å². The van der Waals surface area contributed by atoms with Crippen LogP contribution in [0.25, 0.3) is 5.65 Å². The number of aryl methyl sites for hydroxylation is 1. The van der Waals surface area contributed by atoms with Gasteiger partial charge in [-0.2, -0.15) is 0 Å². The van der Waals surface area contributed by atoms with Crippen molar-refractivity contribution in [1.29, 1.82) is 0 Å². The van der Waals surface area contributed by atoms with Crippen molar-refractivity contribution >= 4 is 29.0 Å². The van der Waals surface area contributed by atoms with Crippen molar-refractivity contribution in [3.63, 3.8) is 0 Å². The Morgan fingerprint density at radius 1 is 1.09 bits per heavy atom. The second-order valence-corrected chi connectivity index (χ2v) is 8.23. The van der Waals surface area contributed by atoms with E-state index in [0.717, 1.165) is 16.2 Å². The summed E-state index contributed by atoms with van der Waals surface area (Å²) in [5.41, 5.74) is 3.47. The largest absolute Gasteiger partial charge is 0.494 e. The molecule has 0 spiro atoms. The van der Waals surface area contributed by atoms with Gasteiger partial charge < -0.3 is 10.1 Å². The number of ether oxygens (including phenoxy) is 1. The highest BCUT2D eigenvalue weighted by Gasteiger charge is 2.11. The van der Waals surface area contributed by atoms with E-state index in [1.807, 2.05) is 50.2 Å². The summed E-state index contributed by atoms with van der Waals surface area (Å²) in [6.45, 7) is 4.43. The Morgan fingerprint density at radius 2 is 1.88 bits per heavy atom. The average Bonchev–Trinajstić information content (AvgIpc) is 2.80. The minimum atomic E-state index is -0.196. The van der Waals surface area contributed by atoms with Crippen LogP contribution in [0.5, 0.6) is 5.75 Å². The summed E-state index contributed by atoms with van der Waals surface area (Å²) in [4.78, 5) is 30.7. The zero-order valence-electron chi connectivity index (χ0n) is 17.9. The molecule has 32 heavy (non-hydrogen) atoms. The van der Waals surface area contributed by atoms with Crippen LogP contribution in [0.3, 0.4) is 0 Å². The summed E-state index contributed by atoms with van der Waals surface area (Å²) in [5.74, 6) is 1.04. The van der Waals surface area contributed by atoms with E-state index in [0.29, 0.717) is 35.0 Å². The summed E-state index contributed by atoms with van der Waals surface area (Å²) in [5, 5.41) is 2.97. The number of aromatic nitrogens is 2. The molecular formula is C25H23N3O3S. The van der Waals surface area contributed by atoms with E-state index in [1.54, 1.807) is 40.9 Å². The quantitative estimate of drug-likeness (QED) is 0.408. The number of hydrogen-bond donors (Lipinski definition) is 1. The molecule has 4 aromatic rings. The fourth-order valence-electron chi connectivity index (χ4n) is 3.24. The molecule has 0 fully saturated rings. The third-order valence-corrected chi connectivity index (χ3v) is 5.91. The molecule has 2 aromatic heterocycles. The molecule has 0 radical (unpaired) electrons. The highest BCUT2D eigenvalue weighted by molar-refractivity contribution is 7.98. The molecule has 1 amide bonds. The average molecular weight is 446 g/mol. The minimum absolute atomic E-state index is 0.105. The van der Waals surface area contributed by atoms with Crippen LogP contribution in [0.4, 0.5) is 5.69 Å². The number of para-hydroxylation sites is 1. The third kappa shape index (κ3) is 5.00. The number of anilines is 1. The molecule has 6 nitrogen and oxygen atoms in total. The molecule has 2 heterocycles. The lowest BCUT2D eigenvalue weighted by atomic mass is 10.2. The summed E-state index contributed by atoms with van der Waals surface area (Å²) in [6.07, 6.45) is 1.79. The lowest BCUT2D eigenvalue weighted by Crippen LogP contribution is -2.15. The smallest absolute Gasteiger partial charge is 0.258 e. The Kier molecular flexibility index (Phi) is 6.56. The van der Waals surface area contributed by atoms with Crippen molar-refractivity contribution in [2.75, 3.05) is 11.9 Å². The van der Waals surface area contributed by atoms with Gasteiger partial charge in [0, 0.05) is 28.5 Å². The van der Waals surface area contributed by atoms with Gasteiger partial charge in [-0.15, -0.1) is 11.8 Å². The summed E-state index contributed by atoms with van der Waals surface area (Å²) in [6, 6.07) is 20.0. The van der Waals surface area contributed by atoms with E-state index in [-0.39, 0.29) is 11.5 Å². The zero-order chi connectivity index (χ0) is 22.5. The fourth-order valence-corrected chi connectivity index (χ4v) is 4.14.